The molecule has 4 bridgehead atoms. The van der Waals surface area contributed by atoms with Gasteiger partial charge in [-0.2, -0.15) is 0 Å². The van der Waals surface area contributed by atoms with E-state index in [-0.39, 0.29) is 72.2 Å². The van der Waals surface area contributed by atoms with Gasteiger partial charge in [-0.1, -0.05) is 168 Å². The van der Waals surface area contributed by atoms with E-state index >= 15 is 0 Å². The van der Waals surface area contributed by atoms with Crippen LogP contribution in [0.25, 0.3) is 0 Å². The monoisotopic (exact) mass is 1050 g/mol. The number of rotatable bonds is 8. The van der Waals surface area contributed by atoms with Crippen molar-refractivity contribution < 1.29 is 85.0 Å². The van der Waals surface area contributed by atoms with E-state index in [4.69, 9.17) is 0 Å². The molecule has 0 aromatic heterocycles. The van der Waals surface area contributed by atoms with Crippen LogP contribution in [0, 0.1) is 46.5 Å². The minimum Gasteiger partial charge on any atom is -0.870 e. The summed E-state index contributed by atoms with van der Waals surface area (Å²) in [7, 11) is 0. The molecule has 6 aromatic rings. The van der Waals surface area contributed by atoms with Crippen molar-refractivity contribution in [2.45, 2.75) is 49.4 Å². The van der Waals surface area contributed by atoms with Crippen LogP contribution < -0.4 is 0 Å². The minimum atomic E-state index is -1.74. The molecule has 4 atom stereocenters. The SMILES string of the molecule is Fc1c(F)c(F)c2c(c1F)[C@H]1C=C(Cc3ccccc3)[C@@H]2C=C1Cc1ccccc1.Fc1c(F)c(F)c2c(c1F)[C@H]1C=C(Cc3ccccc3)[C@@H]2C=C1Cc1ccccc1.[OH-].[OH-].[Rh].[Rh]. The van der Waals surface area contributed by atoms with Gasteiger partial charge in [-0.25, -0.2) is 35.1 Å². The Bertz CT molecular complexity index is 2380. The van der Waals surface area contributed by atoms with Crippen LogP contribution in [-0.4, -0.2) is 11.0 Å². The molecule has 2 radical (unpaired) electrons. The normalized spacial score (nSPS) is 18.1. The van der Waals surface area contributed by atoms with Crippen LogP contribution in [0.1, 0.15) is 68.2 Å². The molecule has 0 amide bonds. The quantitative estimate of drug-likeness (QED) is 0.0501. The van der Waals surface area contributed by atoms with Gasteiger partial charge >= 0.3 is 0 Å². The third kappa shape index (κ3) is 9.21. The summed E-state index contributed by atoms with van der Waals surface area (Å²) in [6.07, 6.45) is 9.76. The Hall–Kier alpha value is -5.11. The average Bonchev–Trinajstić information content (AvgIpc) is 3.28. The van der Waals surface area contributed by atoms with E-state index in [9.17, 15) is 35.1 Å². The Morgan fingerprint density at radius 1 is 0.266 bits per heavy atom. The van der Waals surface area contributed by atoms with Gasteiger partial charge in [0.25, 0.3) is 0 Å². The Kier molecular flexibility index (Phi) is 16.2. The van der Waals surface area contributed by atoms with E-state index in [0.717, 1.165) is 44.5 Å². The topological polar surface area (TPSA) is 60.0 Å². The van der Waals surface area contributed by atoms with E-state index in [1.807, 2.05) is 146 Å². The number of halogens is 8. The van der Waals surface area contributed by atoms with E-state index in [1.165, 1.54) is 0 Å². The van der Waals surface area contributed by atoms with Crippen molar-refractivity contribution >= 4 is 0 Å². The molecule has 6 aliphatic rings. The van der Waals surface area contributed by atoms with Crippen molar-refractivity contribution in [2.24, 2.45) is 0 Å². The summed E-state index contributed by atoms with van der Waals surface area (Å²) in [5.74, 6) is -14.6. The van der Waals surface area contributed by atoms with Crippen LogP contribution in [-0.2, 0) is 64.6 Å². The van der Waals surface area contributed by atoms with Crippen molar-refractivity contribution in [3.05, 3.63) is 259 Å². The van der Waals surface area contributed by atoms with Crippen LogP contribution in [0.5, 0.6) is 0 Å². The summed E-state index contributed by atoms with van der Waals surface area (Å²) in [6, 6.07) is 38.6. The number of benzene rings is 6. The summed E-state index contributed by atoms with van der Waals surface area (Å²) >= 11 is 0. The average molecular weight is 1050 g/mol. The molecule has 12 heteroatoms. The first kappa shape index (κ1) is 49.9. The number of hydrogen-bond donors (Lipinski definition) is 0. The van der Waals surface area contributed by atoms with Gasteiger partial charge in [0, 0.05) is 84.9 Å². The number of allylic oxidation sites excluding steroid dienone is 8. The van der Waals surface area contributed by atoms with Crippen LogP contribution in [0.4, 0.5) is 35.1 Å². The first-order valence-electron chi connectivity index (χ1n) is 19.8. The third-order valence-corrected chi connectivity index (χ3v) is 12.1. The van der Waals surface area contributed by atoms with Gasteiger partial charge in [0.1, 0.15) is 0 Å². The van der Waals surface area contributed by atoms with Crippen molar-refractivity contribution in [2.75, 3.05) is 0 Å². The van der Waals surface area contributed by atoms with Crippen LogP contribution in [0.3, 0.4) is 0 Å². The van der Waals surface area contributed by atoms with Crippen molar-refractivity contribution in [1.29, 1.82) is 0 Å². The summed E-state index contributed by atoms with van der Waals surface area (Å²) in [6.45, 7) is 0. The maximum Gasteiger partial charge on any atom is 0.197 e. The molecule has 2 N–H and O–H groups in total. The molecule has 0 unspecified atom stereocenters. The predicted molar refractivity (Wildman–Crippen MR) is 220 cm³/mol. The van der Waals surface area contributed by atoms with Crippen LogP contribution in [0.2, 0.25) is 0 Å². The fourth-order valence-electron chi connectivity index (χ4n) is 9.32. The largest absolute Gasteiger partial charge is 0.870 e. The predicted octanol–water partition coefficient (Wildman–Crippen LogP) is 13.2. The van der Waals surface area contributed by atoms with Gasteiger partial charge in [0.15, 0.2) is 46.5 Å². The second-order valence-corrected chi connectivity index (χ2v) is 15.7. The Morgan fingerprint density at radius 3 is 0.609 bits per heavy atom. The molecular weight excluding hydrogens is 1010 g/mol. The second kappa shape index (κ2) is 20.8. The molecule has 334 valence electrons. The smallest absolute Gasteiger partial charge is 0.197 e. The molecule has 0 fully saturated rings. The molecule has 6 aromatic carbocycles. The Balaban J connectivity index is 0.000000227. The van der Waals surface area contributed by atoms with Gasteiger partial charge in [0.2, 0.25) is 0 Å². The van der Waals surface area contributed by atoms with Crippen LogP contribution in [0.15, 0.2) is 168 Å². The van der Waals surface area contributed by atoms with Gasteiger partial charge in [-0.15, -0.1) is 0 Å². The summed E-state index contributed by atoms with van der Waals surface area (Å²) in [5, 5.41) is 0. The van der Waals surface area contributed by atoms with E-state index in [0.29, 0.717) is 25.7 Å². The van der Waals surface area contributed by atoms with Gasteiger partial charge < -0.3 is 11.0 Å². The minimum absolute atomic E-state index is 0. The van der Waals surface area contributed by atoms with E-state index in [2.05, 4.69) is 0 Å². The molecule has 12 rings (SSSR count). The molecule has 0 saturated heterocycles. The van der Waals surface area contributed by atoms with Crippen molar-refractivity contribution in [3.8, 4) is 0 Å². The second-order valence-electron chi connectivity index (χ2n) is 15.7. The molecule has 64 heavy (non-hydrogen) atoms. The molecule has 0 saturated carbocycles. The maximum atomic E-state index is 14.8. The Labute approximate surface area is 391 Å². The Morgan fingerprint density at radius 2 is 0.438 bits per heavy atom. The summed E-state index contributed by atoms with van der Waals surface area (Å²) < 4.78 is 116. The molecular formula is C52H38F8O2Rh2-2. The zero-order valence-electron chi connectivity index (χ0n) is 33.6. The van der Waals surface area contributed by atoms with Gasteiger partial charge in [-0.05, 0) is 47.9 Å². The fraction of sp³-hybridized carbons (Fsp3) is 0.154. The van der Waals surface area contributed by atoms with E-state index < -0.39 is 70.2 Å². The third-order valence-electron chi connectivity index (χ3n) is 12.1. The van der Waals surface area contributed by atoms with Crippen molar-refractivity contribution in [1.82, 2.24) is 0 Å². The first-order chi connectivity index (χ1) is 29.1. The zero-order chi connectivity index (χ0) is 41.7. The molecule has 6 aliphatic carbocycles. The molecule has 0 spiro atoms. The van der Waals surface area contributed by atoms with E-state index in [1.54, 1.807) is 0 Å². The molecule has 0 aliphatic heterocycles. The summed E-state index contributed by atoms with van der Waals surface area (Å²) in [5.41, 5.74) is 7.34. The standard InChI is InChI=1S/2C26H18F4.2H2O.2Rh/c2*27-23-21-19-14-18(12-16-9-5-2-6-10-16)20(22(21)24(28)26(30)25(23)29)13-17(19)11-15-7-3-1-4-8-15;;;;/h2*1-10,13-14,19-20H,11-12H2;2*1H2;;/p-2/t2*19-,20-;;;;/m00..../s1. The van der Waals surface area contributed by atoms with Crippen molar-refractivity contribution in [3.63, 3.8) is 0 Å². The fourth-order valence-corrected chi connectivity index (χ4v) is 9.32. The zero-order valence-corrected chi connectivity index (χ0v) is 36.9. The molecule has 0 heterocycles. The molecule has 2 nitrogen and oxygen atoms in total. The first-order valence-corrected chi connectivity index (χ1v) is 19.8. The van der Waals surface area contributed by atoms with Gasteiger partial charge in [-0.3, -0.25) is 0 Å². The number of hydrogen-bond acceptors (Lipinski definition) is 2. The maximum absolute atomic E-state index is 14.8. The van der Waals surface area contributed by atoms with Crippen LogP contribution >= 0.6 is 0 Å². The van der Waals surface area contributed by atoms with Gasteiger partial charge in [0.05, 0.1) is 0 Å². The summed E-state index contributed by atoms with van der Waals surface area (Å²) in [4.78, 5) is 0.